The first-order valence-electron chi connectivity index (χ1n) is 12.4. The summed E-state index contributed by atoms with van der Waals surface area (Å²) in [5, 5.41) is 18.0. The first-order chi connectivity index (χ1) is 19.4. The van der Waals surface area contributed by atoms with Gasteiger partial charge in [-0.05, 0) is 66.2 Å². The van der Waals surface area contributed by atoms with Crippen molar-refractivity contribution in [1.82, 2.24) is 5.32 Å². The SMILES string of the molecule is COc1ccc(C(=O)Nc2ccccc2C(=O)N[C@H](Cc2ccc(O)cc2)C(=O)Nc2ccccc2OC)cc1. The molecule has 4 aromatic rings. The lowest BCUT2D eigenvalue weighted by molar-refractivity contribution is -0.118. The molecule has 0 aliphatic carbocycles. The average Bonchev–Trinajstić information content (AvgIpc) is 2.98. The van der Waals surface area contributed by atoms with Gasteiger partial charge in [0, 0.05) is 12.0 Å². The summed E-state index contributed by atoms with van der Waals surface area (Å²) in [6, 6.07) is 25.4. The molecular formula is C31H29N3O6. The van der Waals surface area contributed by atoms with Crippen LogP contribution in [-0.2, 0) is 11.2 Å². The Bertz CT molecular complexity index is 1490. The maximum absolute atomic E-state index is 13.5. The van der Waals surface area contributed by atoms with Gasteiger partial charge >= 0.3 is 0 Å². The molecule has 0 aliphatic heterocycles. The third-order valence-electron chi connectivity index (χ3n) is 6.13. The lowest BCUT2D eigenvalue weighted by atomic mass is 10.0. The molecular weight excluding hydrogens is 510 g/mol. The molecule has 4 N–H and O–H groups in total. The van der Waals surface area contributed by atoms with E-state index < -0.39 is 23.8 Å². The number of hydrogen-bond acceptors (Lipinski definition) is 6. The molecule has 0 aromatic heterocycles. The van der Waals surface area contributed by atoms with E-state index in [1.165, 1.54) is 26.4 Å². The molecule has 204 valence electrons. The highest BCUT2D eigenvalue weighted by Crippen LogP contribution is 2.24. The second kappa shape index (κ2) is 13.0. The van der Waals surface area contributed by atoms with Crippen LogP contribution < -0.4 is 25.4 Å². The largest absolute Gasteiger partial charge is 0.508 e. The third kappa shape index (κ3) is 6.96. The van der Waals surface area contributed by atoms with Gasteiger partial charge < -0.3 is 30.5 Å². The molecule has 0 saturated heterocycles. The maximum Gasteiger partial charge on any atom is 0.255 e. The van der Waals surface area contributed by atoms with E-state index in [9.17, 15) is 19.5 Å². The Balaban J connectivity index is 1.56. The van der Waals surface area contributed by atoms with E-state index in [0.29, 0.717) is 22.7 Å². The van der Waals surface area contributed by atoms with E-state index in [0.717, 1.165) is 5.56 Å². The summed E-state index contributed by atoms with van der Waals surface area (Å²) in [4.78, 5) is 39.8. The van der Waals surface area contributed by atoms with Crippen LogP contribution >= 0.6 is 0 Å². The van der Waals surface area contributed by atoms with Gasteiger partial charge in [-0.25, -0.2) is 0 Å². The van der Waals surface area contributed by atoms with Crippen LogP contribution in [0.1, 0.15) is 26.3 Å². The Morgan fingerprint density at radius 1 is 0.725 bits per heavy atom. The number of carbonyl (C=O) groups is 3. The highest BCUT2D eigenvalue weighted by atomic mass is 16.5. The van der Waals surface area contributed by atoms with E-state index in [-0.39, 0.29) is 23.4 Å². The van der Waals surface area contributed by atoms with Gasteiger partial charge in [0.1, 0.15) is 23.3 Å². The number of amides is 3. The molecule has 0 spiro atoms. The summed E-state index contributed by atoms with van der Waals surface area (Å²) < 4.78 is 10.5. The van der Waals surface area contributed by atoms with E-state index in [4.69, 9.17) is 9.47 Å². The molecule has 9 heteroatoms. The number of carbonyl (C=O) groups excluding carboxylic acids is 3. The zero-order valence-corrected chi connectivity index (χ0v) is 22.0. The van der Waals surface area contributed by atoms with Gasteiger partial charge in [0.2, 0.25) is 5.91 Å². The Labute approximate surface area is 231 Å². The fourth-order valence-corrected chi connectivity index (χ4v) is 4.01. The van der Waals surface area contributed by atoms with Crippen molar-refractivity contribution in [3.8, 4) is 17.2 Å². The molecule has 40 heavy (non-hydrogen) atoms. The van der Waals surface area contributed by atoms with Gasteiger partial charge in [-0.3, -0.25) is 14.4 Å². The number of hydrogen-bond donors (Lipinski definition) is 4. The molecule has 0 fully saturated rings. The van der Waals surface area contributed by atoms with Crippen molar-refractivity contribution in [3.63, 3.8) is 0 Å². The first kappa shape index (κ1) is 27.7. The zero-order valence-electron chi connectivity index (χ0n) is 22.0. The van der Waals surface area contributed by atoms with Crippen LogP contribution in [-0.4, -0.2) is 43.1 Å². The van der Waals surface area contributed by atoms with Gasteiger partial charge in [0.05, 0.1) is 31.2 Å². The van der Waals surface area contributed by atoms with Crippen molar-refractivity contribution in [2.24, 2.45) is 0 Å². The van der Waals surface area contributed by atoms with Crippen LogP contribution in [0.5, 0.6) is 17.2 Å². The van der Waals surface area contributed by atoms with E-state index in [2.05, 4.69) is 16.0 Å². The minimum absolute atomic E-state index is 0.0873. The fraction of sp³-hybridized carbons (Fsp3) is 0.129. The summed E-state index contributed by atoms with van der Waals surface area (Å²) in [5.74, 6) is -0.253. The molecule has 1 atom stereocenters. The summed E-state index contributed by atoms with van der Waals surface area (Å²) >= 11 is 0. The van der Waals surface area contributed by atoms with Crippen molar-refractivity contribution in [3.05, 3.63) is 114 Å². The number of ether oxygens (including phenoxy) is 2. The van der Waals surface area contributed by atoms with E-state index in [1.54, 1.807) is 84.9 Å². The standard InChI is InChI=1S/C31H29N3O6/c1-39-23-17-13-21(14-18-23)29(36)32-25-8-4-3-7-24(25)30(37)34-27(19-20-11-15-22(35)16-12-20)31(38)33-26-9-5-6-10-28(26)40-2/h3-18,27,35H,19H2,1-2H3,(H,32,36)(H,33,38)(H,34,37)/t27-/m1/s1. The number of para-hydroxylation sites is 3. The summed E-state index contributed by atoms with van der Waals surface area (Å²) in [6.07, 6.45) is 0.146. The maximum atomic E-state index is 13.5. The number of nitrogens with one attached hydrogen (secondary N) is 3. The van der Waals surface area contributed by atoms with Crippen LogP contribution in [0.3, 0.4) is 0 Å². The minimum atomic E-state index is -0.993. The number of aromatic hydroxyl groups is 1. The van der Waals surface area contributed by atoms with Crippen molar-refractivity contribution in [1.29, 1.82) is 0 Å². The highest BCUT2D eigenvalue weighted by molar-refractivity contribution is 6.10. The fourth-order valence-electron chi connectivity index (χ4n) is 4.01. The molecule has 9 nitrogen and oxygen atoms in total. The van der Waals surface area contributed by atoms with Crippen molar-refractivity contribution < 1.29 is 29.0 Å². The molecule has 0 saturated carbocycles. The van der Waals surface area contributed by atoms with Crippen molar-refractivity contribution >= 4 is 29.1 Å². The quantitative estimate of drug-likeness (QED) is 0.233. The topological polar surface area (TPSA) is 126 Å². The number of anilines is 2. The normalized spacial score (nSPS) is 11.2. The third-order valence-corrected chi connectivity index (χ3v) is 6.13. The van der Waals surface area contributed by atoms with Crippen molar-refractivity contribution in [2.75, 3.05) is 24.9 Å². The Morgan fingerprint density at radius 2 is 1.38 bits per heavy atom. The molecule has 4 rings (SSSR count). The van der Waals surface area contributed by atoms with Gasteiger partial charge in [0.25, 0.3) is 11.8 Å². The molecule has 0 bridgehead atoms. The highest BCUT2D eigenvalue weighted by Gasteiger charge is 2.24. The molecule has 0 radical (unpaired) electrons. The second-order valence-electron chi connectivity index (χ2n) is 8.81. The van der Waals surface area contributed by atoms with E-state index in [1.807, 2.05) is 0 Å². The smallest absolute Gasteiger partial charge is 0.255 e. The molecule has 0 heterocycles. The van der Waals surface area contributed by atoms with Crippen LogP contribution in [0.15, 0.2) is 97.1 Å². The monoisotopic (exact) mass is 539 g/mol. The summed E-state index contributed by atoms with van der Waals surface area (Å²) in [6.45, 7) is 0. The Hall–Kier alpha value is -5.31. The number of benzene rings is 4. The van der Waals surface area contributed by atoms with Gasteiger partial charge in [-0.1, -0.05) is 36.4 Å². The van der Waals surface area contributed by atoms with Crippen LogP contribution in [0.4, 0.5) is 11.4 Å². The Morgan fingerprint density at radius 3 is 2.05 bits per heavy atom. The number of phenolic OH excluding ortho intramolecular Hbond substituents is 1. The predicted molar refractivity (Wildman–Crippen MR) is 152 cm³/mol. The van der Waals surface area contributed by atoms with E-state index >= 15 is 0 Å². The average molecular weight is 540 g/mol. The second-order valence-corrected chi connectivity index (χ2v) is 8.81. The van der Waals surface area contributed by atoms with Crippen molar-refractivity contribution in [2.45, 2.75) is 12.5 Å². The van der Waals surface area contributed by atoms with Crippen LogP contribution in [0, 0.1) is 0 Å². The van der Waals surface area contributed by atoms with Gasteiger partial charge in [-0.2, -0.15) is 0 Å². The molecule has 3 amide bonds. The van der Waals surface area contributed by atoms with Crippen LogP contribution in [0.2, 0.25) is 0 Å². The summed E-state index contributed by atoms with van der Waals surface area (Å²) in [5.41, 5.74) is 2.03. The number of rotatable bonds is 10. The predicted octanol–water partition coefficient (Wildman–Crippen LogP) is 4.64. The number of methoxy groups -OCH3 is 2. The summed E-state index contributed by atoms with van der Waals surface area (Å²) in [7, 11) is 3.04. The number of phenols is 1. The molecule has 4 aromatic carbocycles. The van der Waals surface area contributed by atoms with Gasteiger partial charge in [-0.15, -0.1) is 0 Å². The first-order valence-corrected chi connectivity index (χ1v) is 12.4. The van der Waals surface area contributed by atoms with Gasteiger partial charge in [0.15, 0.2) is 0 Å². The Kier molecular flexibility index (Phi) is 8.99. The molecule has 0 unspecified atom stereocenters. The minimum Gasteiger partial charge on any atom is -0.508 e. The molecule has 0 aliphatic rings. The lowest BCUT2D eigenvalue weighted by Crippen LogP contribution is -2.45. The lowest BCUT2D eigenvalue weighted by Gasteiger charge is -2.20. The van der Waals surface area contributed by atoms with Crippen LogP contribution in [0.25, 0.3) is 0 Å². The zero-order chi connectivity index (χ0) is 28.5.